The Kier molecular flexibility index (Phi) is 2.92. The van der Waals surface area contributed by atoms with Gasteiger partial charge in [-0.3, -0.25) is 4.79 Å². The molecule has 3 rings (SSSR count). The summed E-state index contributed by atoms with van der Waals surface area (Å²) in [4.78, 5) is 15.6. The lowest BCUT2D eigenvalue weighted by Gasteiger charge is -2.08. The van der Waals surface area contributed by atoms with Crippen LogP contribution in [0.1, 0.15) is 30.0 Å². The van der Waals surface area contributed by atoms with E-state index >= 15 is 0 Å². The molecule has 1 fully saturated rings. The summed E-state index contributed by atoms with van der Waals surface area (Å²) in [6.07, 6.45) is 3.22. The Balaban J connectivity index is 2.14. The smallest absolute Gasteiger partial charge is 0.189 e. The third-order valence-corrected chi connectivity index (χ3v) is 3.56. The van der Waals surface area contributed by atoms with Crippen LogP contribution in [0, 0.1) is 0 Å². The predicted octanol–water partition coefficient (Wildman–Crippen LogP) is 2.59. The highest BCUT2D eigenvalue weighted by atomic mass is 16.5. The van der Waals surface area contributed by atoms with E-state index in [9.17, 15) is 4.79 Å². The summed E-state index contributed by atoms with van der Waals surface area (Å²) in [6.45, 7) is 0.675. The van der Waals surface area contributed by atoms with Crippen LogP contribution < -0.4 is 5.43 Å². The molecule has 0 atom stereocenters. The molecular formula is C15H17NO2. The monoisotopic (exact) mass is 243 g/mol. The van der Waals surface area contributed by atoms with E-state index in [0.717, 1.165) is 28.6 Å². The van der Waals surface area contributed by atoms with Crippen molar-refractivity contribution in [3.63, 3.8) is 0 Å². The Hall–Kier alpha value is -1.61. The van der Waals surface area contributed by atoms with Crippen LogP contribution in [-0.2, 0) is 11.2 Å². The highest BCUT2D eigenvalue weighted by Gasteiger charge is 2.25. The van der Waals surface area contributed by atoms with Gasteiger partial charge in [0, 0.05) is 24.3 Å². The Morgan fingerprint density at radius 3 is 2.94 bits per heavy atom. The molecule has 1 heterocycles. The van der Waals surface area contributed by atoms with E-state index in [1.54, 1.807) is 13.2 Å². The van der Waals surface area contributed by atoms with Crippen molar-refractivity contribution >= 4 is 10.9 Å². The minimum absolute atomic E-state index is 0.130. The van der Waals surface area contributed by atoms with Gasteiger partial charge < -0.3 is 9.72 Å². The van der Waals surface area contributed by atoms with Crippen LogP contribution in [0.4, 0.5) is 0 Å². The summed E-state index contributed by atoms with van der Waals surface area (Å²) in [7, 11) is 1.70. The minimum Gasteiger partial charge on any atom is -0.384 e. The van der Waals surface area contributed by atoms with Crippen molar-refractivity contribution in [1.29, 1.82) is 0 Å². The fourth-order valence-electron chi connectivity index (χ4n) is 2.39. The van der Waals surface area contributed by atoms with Gasteiger partial charge in [0.25, 0.3) is 0 Å². The number of nitrogens with one attached hydrogen (secondary N) is 1. The van der Waals surface area contributed by atoms with E-state index in [1.165, 1.54) is 12.8 Å². The molecule has 1 aliphatic carbocycles. The van der Waals surface area contributed by atoms with E-state index in [-0.39, 0.29) is 5.43 Å². The standard InChI is InChI=1S/C15H17NO2/c1-18-8-7-11-3-2-4-12-14(17)9-13(10-5-6-10)16-15(11)12/h2-4,9-10H,5-8H2,1H3,(H,16,17). The van der Waals surface area contributed by atoms with Gasteiger partial charge in [0.15, 0.2) is 5.43 Å². The molecule has 2 aromatic rings. The lowest BCUT2D eigenvalue weighted by atomic mass is 10.1. The Labute approximate surface area is 106 Å². The maximum atomic E-state index is 12.1. The summed E-state index contributed by atoms with van der Waals surface area (Å²) in [6, 6.07) is 7.66. The van der Waals surface area contributed by atoms with Gasteiger partial charge in [-0.1, -0.05) is 12.1 Å². The first kappa shape index (κ1) is 11.5. The van der Waals surface area contributed by atoms with Crippen LogP contribution in [0.3, 0.4) is 0 Å². The van der Waals surface area contributed by atoms with Gasteiger partial charge in [0.05, 0.1) is 12.1 Å². The zero-order valence-electron chi connectivity index (χ0n) is 10.5. The molecule has 18 heavy (non-hydrogen) atoms. The number of para-hydroxylation sites is 1. The van der Waals surface area contributed by atoms with Crippen LogP contribution in [0.5, 0.6) is 0 Å². The van der Waals surface area contributed by atoms with Crippen molar-refractivity contribution < 1.29 is 4.74 Å². The first-order valence-corrected chi connectivity index (χ1v) is 6.43. The molecule has 0 saturated heterocycles. The van der Waals surface area contributed by atoms with Crippen molar-refractivity contribution in [3.05, 3.63) is 45.7 Å². The molecule has 94 valence electrons. The summed E-state index contributed by atoms with van der Waals surface area (Å²) < 4.78 is 5.12. The fraction of sp³-hybridized carbons (Fsp3) is 0.400. The quantitative estimate of drug-likeness (QED) is 0.896. The number of ether oxygens (including phenoxy) is 1. The summed E-state index contributed by atoms with van der Waals surface area (Å²) in [5, 5.41) is 0.785. The number of H-pyrrole nitrogens is 1. The number of benzene rings is 1. The Morgan fingerprint density at radius 2 is 2.22 bits per heavy atom. The predicted molar refractivity (Wildman–Crippen MR) is 72.1 cm³/mol. The summed E-state index contributed by atoms with van der Waals surface area (Å²) >= 11 is 0. The zero-order chi connectivity index (χ0) is 12.5. The second-order valence-electron chi connectivity index (χ2n) is 4.95. The number of aromatic nitrogens is 1. The molecule has 1 aromatic carbocycles. The van der Waals surface area contributed by atoms with Gasteiger partial charge in [0.2, 0.25) is 0 Å². The maximum absolute atomic E-state index is 12.1. The number of fused-ring (bicyclic) bond motifs is 1. The minimum atomic E-state index is 0.130. The molecular weight excluding hydrogens is 226 g/mol. The molecule has 0 bridgehead atoms. The molecule has 3 nitrogen and oxygen atoms in total. The van der Waals surface area contributed by atoms with Gasteiger partial charge in [-0.2, -0.15) is 0 Å². The summed E-state index contributed by atoms with van der Waals surface area (Å²) in [5.74, 6) is 0.567. The molecule has 1 saturated carbocycles. The number of pyridine rings is 1. The normalized spacial score (nSPS) is 15.2. The lowest BCUT2D eigenvalue weighted by molar-refractivity contribution is 0.202. The van der Waals surface area contributed by atoms with E-state index in [2.05, 4.69) is 11.1 Å². The number of methoxy groups -OCH3 is 1. The van der Waals surface area contributed by atoms with Crippen molar-refractivity contribution in [3.8, 4) is 0 Å². The molecule has 1 aliphatic rings. The van der Waals surface area contributed by atoms with Crippen LogP contribution in [-0.4, -0.2) is 18.7 Å². The summed E-state index contributed by atoms with van der Waals surface area (Å²) in [5.41, 5.74) is 3.38. The van der Waals surface area contributed by atoms with Crippen molar-refractivity contribution in [2.75, 3.05) is 13.7 Å². The molecule has 0 radical (unpaired) electrons. The fourth-order valence-corrected chi connectivity index (χ4v) is 2.39. The number of hydrogen-bond donors (Lipinski definition) is 1. The second-order valence-corrected chi connectivity index (χ2v) is 4.95. The average molecular weight is 243 g/mol. The van der Waals surface area contributed by atoms with Crippen molar-refractivity contribution in [2.24, 2.45) is 0 Å². The van der Waals surface area contributed by atoms with Gasteiger partial charge >= 0.3 is 0 Å². The van der Waals surface area contributed by atoms with Crippen molar-refractivity contribution in [1.82, 2.24) is 4.98 Å². The van der Waals surface area contributed by atoms with E-state index in [0.29, 0.717) is 12.5 Å². The highest BCUT2D eigenvalue weighted by molar-refractivity contribution is 5.82. The third-order valence-electron chi connectivity index (χ3n) is 3.56. The largest absolute Gasteiger partial charge is 0.384 e. The zero-order valence-corrected chi connectivity index (χ0v) is 10.5. The Morgan fingerprint density at radius 1 is 1.39 bits per heavy atom. The van der Waals surface area contributed by atoms with Gasteiger partial charge in [-0.25, -0.2) is 0 Å². The van der Waals surface area contributed by atoms with E-state index in [1.807, 2.05) is 12.1 Å². The number of aromatic amines is 1. The molecule has 1 N–H and O–H groups in total. The number of rotatable bonds is 4. The molecule has 0 amide bonds. The first-order chi connectivity index (χ1) is 8.79. The molecule has 0 spiro atoms. The topological polar surface area (TPSA) is 42.1 Å². The molecule has 1 aromatic heterocycles. The van der Waals surface area contributed by atoms with Gasteiger partial charge in [-0.05, 0) is 36.8 Å². The van der Waals surface area contributed by atoms with E-state index in [4.69, 9.17) is 4.74 Å². The van der Waals surface area contributed by atoms with Crippen molar-refractivity contribution in [2.45, 2.75) is 25.2 Å². The van der Waals surface area contributed by atoms with Gasteiger partial charge in [-0.15, -0.1) is 0 Å². The van der Waals surface area contributed by atoms with Crippen LogP contribution in [0.2, 0.25) is 0 Å². The van der Waals surface area contributed by atoms with Gasteiger partial charge in [0.1, 0.15) is 0 Å². The van der Waals surface area contributed by atoms with Crippen LogP contribution >= 0.6 is 0 Å². The molecule has 0 unspecified atom stereocenters. The number of hydrogen-bond acceptors (Lipinski definition) is 2. The third kappa shape index (κ3) is 2.06. The van der Waals surface area contributed by atoms with Crippen LogP contribution in [0.15, 0.2) is 29.1 Å². The molecule has 0 aliphatic heterocycles. The highest BCUT2D eigenvalue weighted by Crippen LogP contribution is 2.38. The lowest BCUT2D eigenvalue weighted by Crippen LogP contribution is -2.07. The van der Waals surface area contributed by atoms with Crippen LogP contribution in [0.25, 0.3) is 10.9 Å². The first-order valence-electron chi connectivity index (χ1n) is 6.43. The molecule has 3 heteroatoms. The maximum Gasteiger partial charge on any atom is 0.189 e. The SMILES string of the molecule is COCCc1cccc2c(=O)cc(C3CC3)[nH]c12. The average Bonchev–Trinajstić information content (AvgIpc) is 3.20. The van der Waals surface area contributed by atoms with E-state index < -0.39 is 0 Å². The second kappa shape index (κ2) is 4.58. The Bertz CT molecular complexity index is 626.